The molecule has 4 rings (SSSR count). The van der Waals surface area contributed by atoms with Crippen molar-refractivity contribution in [1.29, 1.82) is 0 Å². The second-order valence-corrected chi connectivity index (χ2v) is 6.08. The molecule has 27 heavy (non-hydrogen) atoms. The van der Waals surface area contributed by atoms with Crippen LogP contribution in [-0.4, -0.2) is 35.9 Å². The zero-order chi connectivity index (χ0) is 19.1. The van der Waals surface area contributed by atoms with Gasteiger partial charge in [0, 0.05) is 11.3 Å². The van der Waals surface area contributed by atoms with E-state index in [4.69, 9.17) is 14.2 Å². The van der Waals surface area contributed by atoms with Gasteiger partial charge in [-0.25, -0.2) is 9.78 Å². The summed E-state index contributed by atoms with van der Waals surface area (Å²) in [6.07, 6.45) is -1.40. The van der Waals surface area contributed by atoms with Crippen LogP contribution in [0.25, 0.3) is 11.3 Å². The molecule has 2 N–H and O–H groups in total. The monoisotopic (exact) mass is 368 g/mol. The van der Waals surface area contributed by atoms with Gasteiger partial charge >= 0.3 is 5.97 Å². The average molecular weight is 368 g/mol. The van der Waals surface area contributed by atoms with Crippen molar-refractivity contribution in [2.45, 2.75) is 13.0 Å². The van der Waals surface area contributed by atoms with Crippen LogP contribution in [0.15, 0.2) is 41.6 Å². The summed E-state index contributed by atoms with van der Waals surface area (Å²) < 4.78 is 15.4. The number of carbonyl (C=O) groups is 2. The topological polar surface area (TPSA) is 107 Å². The fourth-order valence-electron chi connectivity index (χ4n) is 3.11. The molecule has 1 atom stereocenters. The Balaban J connectivity index is 1.82. The van der Waals surface area contributed by atoms with Crippen molar-refractivity contribution in [3.05, 3.63) is 52.9 Å². The Bertz CT molecular complexity index is 998. The molecule has 8 heteroatoms. The van der Waals surface area contributed by atoms with Gasteiger partial charge in [-0.1, -0.05) is 0 Å². The number of amides is 1. The predicted molar refractivity (Wildman–Crippen MR) is 92.9 cm³/mol. The standard InChI is InChI=1S/C19H16N2O6/c1-9-15(19(24)25-2)17(22)16-11(18(23)20-9)4-5-12(21-16)10-3-6-13-14(7-10)27-8-26-13/h3-7,17,22H,8H2,1-2H3,(H,20,23). The van der Waals surface area contributed by atoms with Crippen molar-refractivity contribution < 1.29 is 28.9 Å². The van der Waals surface area contributed by atoms with Crippen LogP contribution in [0.3, 0.4) is 0 Å². The normalized spacial score (nSPS) is 17.9. The number of ether oxygens (including phenoxy) is 3. The molecule has 0 saturated carbocycles. The highest BCUT2D eigenvalue weighted by atomic mass is 16.7. The zero-order valence-electron chi connectivity index (χ0n) is 14.6. The Hall–Kier alpha value is -3.39. The van der Waals surface area contributed by atoms with Gasteiger partial charge in [-0.3, -0.25) is 4.79 Å². The zero-order valence-corrected chi connectivity index (χ0v) is 14.6. The lowest BCUT2D eigenvalue weighted by molar-refractivity contribution is -0.137. The van der Waals surface area contributed by atoms with E-state index in [1.165, 1.54) is 14.0 Å². The highest BCUT2D eigenvalue weighted by Crippen LogP contribution is 2.36. The van der Waals surface area contributed by atoms with E-state index >= 15 is 0 Å². The number of nitrogens with one attached hydrogen (secondary N) is 1. The van der Waals surface area contributed by atoms with Crippen LogP contribution in [0.2, 0.25) is 0 Å². The molecule has 2 aliphatic rings. The van der Waals surface area contributed by atoms with Crippen molar-refractivity contribution in [3.8, 4) is 22.8 Å². The molecule has 8 nitrogen and oxygen atoms in total. The summed E-state index contributed by atoms with van der Waals surface area (Å²) in [4.78, 5) is 29.0. The number of methoxy groups -OCH3 is 1. The second kappa shape index (κ2) is 6.40. The van der Waals surface area contributed by atoms with Crippen LogP contribution in [0.5, 0.6) is 11.5 Å². The Kier molecular flexibility index (Phi) is 4.04. The molecule has 2 aromatic rings. The van der Waals surface area contributed by atoms with Gasteiger partial charge in [0.1, 0.15) is 6.10 Å². The number of pyridine rings is 1. The summed E-state index contributed by atoms with van der Waals surface area (Å²) in [5, 5.41) is 13.3. The van der Waals surface area contributed by atoms with Crippen molar-refractivity contribution in [2.75, 3.05) is 13.9 Å². The molecule has 0 radical (unpaired) electrons. The third-order valence-electron chi connectivity index (χ3n) is 4.48. The molecule has 138 valence electrons. The Morgan fingerprint density at radius 2 is 2.04 bits per heavy atom. The van der Waals surface area contributed by atoms with E-state index in [9.17, 15) is 14.7 Å². The molecule has 1 aromatic heterocycles. The number of nitrogens with zero attached hydrogens (tertiary/aromatic N) is 1. The maximum atomic E-state index is 12.4. The summed E-state index contributed by atoms with van der Waals surface area (Å²) in [6.45, 7) is 1.68. The van der Waals surface area contributed by atoms with Gasteiger partial charge in [-0.2, -0.15) is 0 Å². The number of aliphatic hydroxyl groups excluding tert-OH is 1. The van der Waals surface area contributed by atoms with Gasteiger partial charge < -0.3 is 24.6 Å². The first-order valence-corrected chi connectivity index (χ1v) is 8.19. The molecule has 1 amide bonds. The number of hydrogen-bond acceptors (Lipinski definition) is 7. The van der Waals surface area contributed by atoms with Gasteiger partial charge in [0.05, 0.1) is 29.6 Å². The first-order chi connectivity index (χ1) is 13.0. The van der Waals surface area contributed by atoms with E-state index in [0.29, 0.717) is 17.2 Å². The smallest absolute Gasteiger partial charge is 0.338 e. The molecular weight excluding hydrogens is 352 g/mol. The molecule has 3 heterocycles. The second-order valence-electron chi connectivity index (χ2n) is 6.08. The number of hydrogen-bond donors (Lipinski definition) is 2. The van der Waals surface area contributed by atoms with Crippen molar-refractivity contribution in [1.82, 2.24) is 10.3 Å². The minimum Gasteiger partial charge on any atom is -0.466 e. The van der Waals surface area contributed by atoms with E-state index in [-0.39, 0.29) is 29.3 Å². The molecule has 1 unspecified atom stereocenters. The lowest BCUT2D eigenvalue weighted by atomic mass is 10.0. The largest absolute Gasteiger partial charge is 0.466 e. The lowest BCUT2D eigenvalue weighted by Crippen LogP contribution is -2.22. The van der Waals surface area contributed by atoms with Gasteiger partial charge in [0.2, 0.25) is 6.79 Å². The molecule has 0 fully saturated rings. The van der Waals surface area contributed by atoms with Gasteiger partial charge in [-0.05, 0) is 37.3 Å². The predicted octanol–water partition coefficient (Wildman–Crippen LogP) is 1.70. The number of aromatic nitrogens is 1. The van der Waals surface area contributed by atoms with E-state index < -0.39 is 18.0 Å². The summed E-state index contributed by atoms with van der Waals surface area (Å²) >= 11 is 0. The molecule has 0 aliphatic carbocycles. The molecule has 0 saturated heterocycles. The maximum absolute atomic E-state index is 12.4. The molecule has 2 aliphatic heterocycles. The minimum absolute atomic E-state index is 0.0556. The number of fused-ring (bicyclic) bond motifs is 2. The van der Waals surface area contributed by atoms with Crippen LogP contribution in [0.1, 0.15) is 29.1 Å². The highest BCUT2D eigenvalue weighted by molar-refractivity contribution is 6.01. The number of benzene rings is 1. The summed E-state index contributed by atoms with van der Waals surface area (Å²) in [7, 11) is 1.21. The summed E-state index contributed by atoms with van der Waals surface area (Å²) in [5.41, 5.74) is 1.67. The Labute approximate surface area is 154 Å². The van der Waals surface area contributed by atoms with E-state index in [1.807, 2.05) is 0 Å². The Morgan fingerprint density at radius 1 is 1.26 bits per heavy atom. The maximum Gasteiger partial charge on any atom is 0.338 e. The van der Waals surface area contributed by atoms with Crippen molar-refractivity contribution >= 4 is 11.9 Å². The van der Waals surface area contributed by atoms with E-state index in [1.54, 1.807) is 30.3 Å². The van der Waals surface area contributed by atoms with E-state index in [0.717, 1.165) is 5.56 Å². The molecule has 1 aromatic carbocycles. The lowest BCUT2D eigenvalue weighted by Gasteiger charge is -2.15. The van der Waals surface area contributed by atoms with Gasteiger partial charge in [0.15, 0.2) is 11.5 Å². The third kappa shape index (κ3) is 2.80. The van der Waals surface area contributed by atoms with Crippen LogP contribution < -0.4 is 14.8 Å². The molecule has 0 bridgehead atoms. The first kappa shape index (κ1) is 17.0. The summed E-state index contributed by atoms with van der Waals surface area (Å²) in [6, 6.07) is 8.56. The fourth-order valence-corrected chi connectivity index (χ4v) is 3.11. The quantitative estimate of drug-likeness (QED) is 0.777. The van der Waals surface area contributed by atoms with Crippen LogP contribution >= 0.6 is 0 Å². The van der Waals surface area contributed by atoms with Crippen molar-refractivity contribution in [3.63, 3.8) is 0 Å². The summed E-state index contributed by atoms with van der Waals surface area (Å²) in [5.74, 6) is 0.0432. The third-order valence-corrected chi connectivity index (χ3v) is 4.48. The van der Waals surface area contributed by atoms with Gasteiger partial charge in [-0.15, -0.1) is 0 Å². The van der Waals surface area contributed by atoms with Crippen LogP contribution in [0.4, 0.5) is 0 Å². The molecular formula is C19H16N2O6. The van der Waals surface area contributed by atoms with Crippen molar-refractivity contribution in [2.24, 2.45) is 0 Å². The average Bonchev–Trinajstić information content (AvgIpc) is 3.11. The number of esters is 1. The van der Waals surface area contributed by atoms with Crippen LogP contribution in [0, 0.1) is 0 Å². The number of allylic oxidation sites excluding steroid dienone is 1. The SMILES string of the molecule is COC(=O)C1=C(C)NC(=O)c2ccc(-c3ccc4c(c3)OCO4)nc2C1O. The Morgan fingerprint density at radius 3 is 2.81 bits per heavy atom. The van der Waals surface area contributed by atoms with E-state index in [2.05, 4.69) is 10.3 Å². The number of carbonyl (C=O) groups excluding carboxylic acids is 2. The minimum atomic E-state index is -1.40. The van der Waals surface area contributed by atoms with Gasteiger partial charge in [0.25, 0.3) is 5.91 Å². The first-order valence-electron chi connectivity index (χ1n) is 8.19. The van der Waals surface area contributed by atoms with Crippen LogP contribution in [-0.2, 0) is 9.53 Å². The molecule has 0 spiro atoms. The number of rotatable bonds is 2. The number of aliphatic hydroxyl groups is 1. The fraction of sp³-hybridized carbons (Fsp3) is 0.211. The highest BCUT2D eigenvalue weighted by Gasteiger charge is 2.33.